The van der Waals surface area contributed by atoms with E-state index in [1.807, 2.05) is 37.0 Å². The molecule has 0 radical (unpaired) electrons. The van der Waals surface area contributed by atoms with Crippen LogP contribution in [0, 0.1) is 13.8 Å². The minimum Gasteiger partial charge on any atom is -0.366 e. The van der Waals surface area contributed by atoms with Crippen molar-refractivity contribution >= 4 is 29.0 Å². The number of fused-ring (bicyclic) bond motifs is 1. The smallest absolute Gasteiger partial charge is 0.254 e. The van der Waals surface area contributed by atoms with Gasteiger partial charge < -0.3 is 10.3 Å². The molecule has 3 heterocycles. The minimum absolute atomic E-state index is 0.161. The van der Waals surface area contributed by atoms with Gasteiger partial charge in [-0.05, 0) is 13.8 Å². The van der Waals surface area contributed by atoms with E-state index in [1.54, 1.807) is 4.52 Å². The van der Waals surface area contributed by atoms with Crippen molar-refractivity contribution in [1.82, 2.24) is 24.1 Å². The molecule has 0 unspecified atom stereocenters. The van der Waals surface area contributed by atoms with Gasteiger partial charge in [0.05, 0.1) is 6.42 Å². The highest BCUT2D eigenvalue weighted by Crippen LogP contribution is 2.15. The molecule has 2 N–H and O–H groups in total. The highest BCUT2D eigenvalue weighted by molar-refractivity contribution is 7.07. The van der Waals surface area contributed by atoms with Gasteiger partial charge in [-0.3, -0.25) is 4.79 Å². The molecule has 0 aliphatic rings. The van der Waals surface area contributed by atoms with E-state index in [4.69, 9.17) is 5.73 Å². The molecule has 9 heteroatoms. The first kappa shape index (κ1) is 14.4. The summed E-state index contributed by atoms with van der Waals surface area (Å²) in [5, 5.41) is 5.97. The highest BCUT2D eigenvalue weighted by atomic mass is 32.1. The van der Waals surface area contributed by atoms with Gasteiger partial charge in [0.1, 0.15) is 0 Å². The zero-order valence-corrected chi connectivity index (χ0v) is 13.3. The SMILES string of the molecule is Cc1nc2nc(N)nn2c(C)c1CC(=O)N=c1sccn1C. The molecular formula is C13H15N7OS. The van der Waals surface area contributed by atoms with Gasteiger partial charge in [-0.25, -0.2) is 4.98 Å². The number of carbonyl (C=O) groups is 1. The van der Waals surface area contributed by atoms with Crippen molar-refractivity contribution in [2.24, 2.45) is 12.0 Å². The fourth-order valence-electron chi connectivity index (χ4n) is 2.21. The van der Waals surface area contributed by atoms with Crippen LogP contribution in [0.2, 0.25) is 0 Å². The summed E-state index contributed by atoms with van der Waals surface area (Å²) < 4.78 is 3.36. The zero-order valence-electron chi connectivity index (χ0n) is 12.4. The first-order valence-electron chi connectivity index (χ1n) is 6.61. The Balaban J connectivity index is 2.00. The van der Waals surface area contributed by atoms with Gasteiger partial charge in [-0.15, -0.1) is 16.4 Å². The Labute approximate surface area is 130 Å². The van der Waals surface area contributed by atoms with Crippen molar-refractivity contribution in [3.63, 3.8) is 0 Å². The molecular weight excluding hydrogens is 302 g/mol. The van der Waals surface area contributed by atoms with Crippen LogP contribution in [0.1, 0.15) is 17.0 Å². The molecule has 0 fully saturated rings. The molecule has 0 aliphatic carbocycles. The van der Waals surface area contributed by atoms with Gasteiger partial charge in [0.15, 0.2) is 4.80 Å². The number of nitrogens with zero attached hydrogens (tertiary/aromatic N) is 6. The monoisotopic (exact) mass is 317 g/mol. The molecule has 0 saturated carbocycles. The van der Waals surface area contributed by atoms with E-state index < -0.39 is 0 Å². The number of amides is 1. The summed E-state index contributed by atoms with van der Waals surface area (Å²) in [6.45, 7) is 3.70. The minimum atomic E-state index is -0.224. The predicted molar refractivity (Wildman–Crippen MR) is 82.2 cm³/mol. The second-order valence-corrected chi connectivity index (χ2v) is 5.79. The Hall–Kier alpha value is -2.55. The number of anilines is 1. The summed E-state index contributed by atoms with van der Waals surface area (Å²) in [5.41, 5.74) is 7.92. The summed E-state index contributed by atoms with van der Waals surface area (Å²) in [5.74, 6) is 0.373. The number of aromatic nitrogens is 5. The predicted octanol–water partition coefficient (Wildman–Crippen LogP) is 0.393. The van der Waals surface area contributed by atoms with Crippen LogP contribution in [-0.2, 0) is 18.3 Å². The van der Waals surface area contributed by atoms with Crippen LogP contribution in [0.5, 0.6) is 0 Å². The lowest BCUT2D eigenvalue weighted by Gasteiger charge is -2.08. The first-order chi connectivity index (χ1) is 10.5. The van der Waals surface area contributed by atoms with Gasteiger partial charge in [0.25, 0.3) is 11.7 Å². The molecule has 22 heavy (non-hydrogen) atoms. The second kappa shape index (κ2) is 5.34. The first-order valence-corrected chi connectivity index (χ1v) is 7.49. The quantitative estimate of drug-likeness (QED) is 0.736. The number of carbonyl (C=O) groups excluding carboxylic acids is 1. The van der Waals surface area contributed by atoms with Gasteiger partial charge in [-0.2, -0.15) is 14.5 Å². The molecule has 0 atom stereocenters. The molecule has 0 aliphatic heterocycles. The van der Waals surface area contributed by atoms with Crippen LogP contribution in [0.3, 0.4) is 0 Å². The van der Waals surface area contributed by atoms with Crippen LogP contribution in [-0.4, -0.2) is 30.1 Å². The molecule has 0 bridgehead atoms. The lowest BCUT2D eigenvalue weighted by Crippen LogP contribution is -2.15. The van der Waals surface area contributed by atoms with Gasteiger partial charge in [-0.1, -0.05) is 0 Å². The Morgan fingerprint density at radius 2 is 2.18 bits per heavy atom. The third-order valence-corrected chi connectivity index (χ3v) is 4.22. The van der Waals surface area contributed by atoms with Crippen LogP contribution in [0.4, 0.5) is 5.95 Å². The van der Waals surface area contributed by atoms with E-state index in [9.17, 15) is 4.79 Å². The zero-order chi connectivity index (χ0) is 15.9. The molecule has 3 aromatic rings. The highest BCUT2D eigenvalue weighted by Gasteiger charge is 2.15. The number of rotatable bonds is 2. The Morgan fingerprint density at radius 3 is 2.86 bits per heavy atom. The van der Waals surface area contributed by atoms with Crippen LogP contribution >= 0.6 is 11.3 Å². The standard InChI is InChI=1S/C13H15N7OS/c1-7-9(6-10(21)16-13-19(3)4-5-22-13)8(2)20-12(15-7)17-11(14)18-20/h4-5H,6H2,1-3H3,(H2,14,18). The summed E-state index contributed by atoms with van der Waals surface area (Å²) in [6.07, 6.45) is 2.03. The summed E-state index contributed by atoms with van der Waals surface area (Å²) in [4.78, 5) is 25.4. The average molecular weight is 317 g/mol. The number of thiazole rings is 1. The number of nitrogens with two attached hydrogens (primary N) is 1. The maximum Gasteiger partial charge on any atom is 0.254 e. The van der Waals surface area contributed by atoms with Crippen molar-refractivity contribution in [3.8, 4) is 0 Å². The molecule has 114 valence electrons. The third-order valence-electron chi connectivity index (χ3n) is 3.37. The van der Waals surface area contributed by atoms with Crippen molar-refractivity contribution in [1.29, 1.82) is 0 Å². The molecule has 0 spiro atoms. The molecule has 3 aromatic heterocycles. The van der Waals surface area contributed by atoms with E-state index in [2.05, 4.69) is 20.1 Å². The summed E-state index contributed by atoms with van der Waals surface area (Å²) in [6, 6.07) is 0. The van der Waals surface area contributed by atoms with E-state index in [0.29, 0.717) is 10.6 Å². The van der Waals surface area contributed by atoms with Crippen LogP contribution in [0.15, 0.2) is 16.6 Å². The number of hydrogen-bond donors (Lipinski definition) is 1. The topological polar surface area (TPSA) is 103 Å². The van der Waals surface area contributed by atoms with Crippen molar-refractivity contribution in [2.75, 3.05) is 5.73 Å². The Morgan fingerprint density at radius 1 is 1.41 bits per heavy atom. The Kier molecular flexibility index (Phi) is 3.49. The van der Waals surface area contributed by atoms with E-state index >= 15 is 0 Å². The number of hydrogen-bond acceptors (Lipinski definition) is 6. The third kappa shape index (κ3) is 2.50. The van der Waals surface area contributed by atoms with E-state index in [1.165, 1.54) is 11.3 Å². The molecule has 3 rings (SSSR count). The van der Waals surface area contributed by atoms with Crippen LogP contribution < -0.4 is 10.5 Å². The van der Waals surface area contributed by atoms with Crippen molar-refractivity contribution in [3.05, 3.63) is 33.3 Å². The lowest BCUT2D eigenvalue weighted by atomic mass is 10.1. The van der Waals surface area contributed by atoms with Gasteiger partial charge in [0.2, 0.25) is 5.95 Å². The number of nitrogen functional groups attached to an aromatic ring is 1. The molecule has 0 aromatic carbocycles. The van der Waals surface area contributed by atoms with Gasteiger partial charge in [0, 0.05) is 35.6 Å². The normalized spacial score (nSPS) is 12.2. The van der Waals surface area contributed by atoms with Crippen molar-refractivity contribution in [2.45, 2.75) is 20.3 Å². The lowest BCUT2D eigenvalue weighted by molar-refractivity contribution is -0.117. The van der Waals surface area contributed by atoms with E-state index in [0.717, 1.165) is 17.0 Å². The molecule has 8 nitrogen and oxygen atoms in total. The van der Waals surface area contributed by atoms with E-state index in [-0.39, 0.29) is 18.3 Å². The maximum atomic E-state index is 12.2. The summed E-state index contributed by atoms with van der Waals surface area (Å²) in [7, 11) is 1.85. The molecule has 1 amide bonds. The molecule has 0 saturated heterocycles. The number of aryl methyl sites for hydroxylation is 3. The largest absolute Gasteiger partial charge is 0.366 e. The Bertz CT molecular complexity index is 934. The average Bonchev–Trinajstić information content (AvgIpc) is 3.01. The van der Waals surface area contributed by atoms with Crippen LogP contribution in [0.25, 0.3) is 5.78 Å². The van der Waals surface area contributed by atoms with Gasteiger partial charge >= 0.3 is 0 Å². The fourth-order valence-corrected chi connectivity index (χ4v) is 2.96. The fraction of sp³-hybridized carbons (Fsp3) is 0.308. The second-order valence-electron chi connectivity index (χ2n) is 4.92. The maximum absolute atomic E-state index is 12.2. The van der Waals surface area contributed by atoms with Crippen molar-refractivity contribution < 1.29 is 4.79 Å². The summed E-state index contributed by atoms with van der Waals surface area (Å²) >= 11 is 1.42.